The van der Waals surface area contributed by atoms with Crippen LogP contribution in [0.5, 0.6) is 0 Å². The van der Waals surface area contributed by atoms with Crippen LogP contribution in [0.2, 0.25) is 33.2 Å². The second kappa shape index (κ2) is 11.6. The highest BCUT2D eigenvalue weighted by molar-refractivity contribution is 6.91. The molecule has 1 aromatic carbocycles. The molecule has 0 heterocycles. The zero-order valence-corrected chi connectivity index (χ0v) is 25.1. The number of carbonyl (C=O) groups is 1. The lowest BCUT2D eigenvalue weighted by molar-refractivity contribution is 0.0696. The standard InChI is InChI=1S/C29H46O2Si2/c1-20(2)32(21(3)4,22(5)6)18-16-26-14-13-15-27(28(26)29(30)31)17-19-33(23(7)8,24(9)10)25(11)12/h13-15,20-25H,1-12H3,(H,30,31). The van der Waals surface area contributed by atoms with Crippen LogP contribution >= 0.6 is 0 Å². The van der Waals surface area contributed by atoms with E-state index in [1.807, 2.05) is 18.2 Å². The molecular formula is C29H46O2Si2. The summed E-state index contributed by atoms with van der Waals surface area (Å²) in [5.41, 5.74) is 11.8. The van der Waals surface area contributed by atoms with Gasteiger partial charge in [-0.25, -0.2) is 4.79 Å². The Morgan fingerprint density at radius 2 is 0.909 bits per heavy atom. The van der Waals surface area contributed by atoms with E-state index in [2.05, 4.69) is 106 Å². The molecule has 0 amide bonds. The van der Waals surface area contributed by atoms with Gasteiger partial charge >= 0.3 is 5.97 Å². The quantitative estimate of drug-likeness (QED) is 0.312. The molecular weight excluding hydrogens is 436 g/mol. The number of hydrogen-bond donors (Lipinski definition) is 1. The fourth-order valence-corrected chi connectivity index (χ4v) is 16.6. The van der Waals surface area contributed by atoms with Crippen LogP contribution in [0.3, 0.4) is 0 Å². The average molecular weight is 483 g/mol. The number of rotatable bonds is 7. The lowest BCUT2D eigenvalue weighted by atomic mass is 10.0. The van der Waals surface area contributed by atoms with E-state index in [0.717, 1.165) is 0 Å². The van der Waals surface area contributed by atoms with E-state index in [-0.39, 0.29) is 5.56 Å². The molecule has 0 saturated heterocycles. The van der Waals surface area contributed by atoms with E-state index in [4.69, 9.17) is 0 Å². The first kappa shape index (κ1) is 29.3. The van der Waals surface area contributed by atoms with Gasteiger partial charge in [0.15, 0.2) is 0 Å². The van der Waals surface area contributed by atoms with Crippen molar-refractivity contribution in [3.05, 3.63) is 34.9 Å². The summed E-state index contributed by atoms with van der Waals surface area (Å²) >= 11 is 0. The van der Waals surface area contributed by atoms with Gasteiger partial charge in [0.1, 0.15) is 16.1 Å². The second-order valence-electron chi connectivity index (χ2n) is 11.3. The van der Waals surface area contributed by atoms with Crippen LogP contribution in [0.15, 0.2) is 18.2 Å². The molecule has 0 saturated carbocycles. The molecule has 0 unspecified atom stereocenters. The zero-order valence-electron chi connectivity index (χ0n) is 23.1. The summed E-state index contributed by atoms with van der Waals surface area (Å²) in [6, 6.07) is 5.60. The topological polar surface area (TPSA) is 37.3 Å². The summed E-state index contributed by atoms with van der Waals surface area (Å²) < 4.78 is 0. The molecule has 1 aromatic rings. The van der Waals surface area contributed by atoms with Crippen LogP contribution in [0.25, 0.3) is 0 Å². The van der Waals surface area contributed by atoms with Crippen LogP contribution in [-0.2, 0) is 0 Å². The summed E-state index contributed by atoms with van der Waals surface area (Å²) in [5, 5.41) is 10.1. The van der Waals surface area contributed by atoms with E-state index in [1.54, 1.807) is 0 Å². The fourth-order valence-electron chi connectivity index (χ4n) is 6.21. The van der Waals surface area contributed by atoms with Gasteiger partial charge in [0.2, 0.25) is 0 Å². The molecule has 0 atom stereocenters. The highest BCUT2D eigenvalue weighted by Crippen LogP contribution is 2.42. The van der Waals surface area contributed by atoms with E-state index >= 15 is 0 Å². The first-order valence-electron chi connectivity index (χ1n) is 12.6. The number of hydrogen-bond acceptors (Lipinski definition) is 1. The van der Waals surface area contributed by atoms with Gasteiger partial charge in [0, 0.05) is 11.1 Å². The van der Waals surface area contributed by atoms with Gasteiger partial charge in [-0.1, -0.05) is 101 Å². The summed E-state index contributed by atoms with van der Waals surface area (Å²) in [6.45, 7) is 27.3. The summed E-state index contributed by atoms with van der Waals surface area (Å²) in [7, 11) is -3.92. The predicted octanol–water partition coefficient (Wildman–Crippen LogP) is 8.52. The number of benzene rings is 1. The minimum atomic E-state index is -1.96. The Labute approximate surface area is 206 Å². The molecule has 0 aliphatic rings. The van der Waals surface area contributed by atoms with Gasteiger partial charge in [-0.15, -0.1) is 11.1 Å². The van der Waals surface area contributed by atoms with E-state index in [1.165, 1.54) is 0 Å². The van der Waals surface area contributed by atoms with Crippen molar-refractivity contribution in [1.82, 2.24) is 0 Å². The first-order chi connectivity index (χ1) is 15.2. The fraction of sp³-hybridized carbons (Fsp3) is 0.621. The molecule has 0 fully saturated rings. The molecule has 0 bridgehead atoms. The third-order valence-electron chi connectivity index (χ3n) is 7.84. The third-order valence-corrected chi connectivity index (χ3v) is 20.4. The van der Waals surface area contributed by atoms with E-state index < -0.39 is 22.1 Å². The second-order valence-corrected chi connectivity index (χ2v) is 22.5. The van der Waals surface area contributed by atoms with Crippen molar-refractivity contribution < 1.29 is 9.90 Å². The van der Waals surface area contributed by atoms with Crippen molar-refractivity contribution in [3.63, 3.8) is 0 Å². The number of carboxylic acid groups (broad SMARTS) is 1. The molecule has 0 aliphatic heterocycles. The van der Waals surface area contributed by atoms with Crippen molar-refractivity contribution in [3.8, 4) is 22.9 Å². The smallest absolute Gasteiger partial charge is 0.338 e. The summed E-state index contributed by atoms with van der Waals surface area (Å²) in [5.74, 6) is 5.78. The van der Waals surface area contributed by atoms with Crippen molar-refractivity contribution in [2.45, 2.75) is 116 Å². The molecule has 1 N–H and O–H groups in total. The highest BCUT2D eigenvalue weighted by Gasteiger charge is 2.42. The summed E-state index contributed by atoms with van der Waals surface area (Å²) in [4.78, 5) is 12.4. The monoisotopic (exact) mass is 482 g/mol. The van der Waals surface area contributed by atoms with Crippen molar-refractivity contribution >= 4 is 22.1 Å². The molecule has 0 spiro atoms. The lowest BCUT2D eigenvalue weighted by Gasteiger charge is -2.38. The largest absolute Gasteiger partial charge is 0.478 e. The maximum absolute atomic E-state index is 12.4. The molecule has 1 rings (SSSR count). The van der Waals surface area contributed by atoms with Crippen LogP contribution in [0, 0.1) is 22.9 Å². The first-order valence-corrected chi connectivity index (χ1v) is 17.0. The van der Waals surface area contributed by atoms with Crippen LogP contribution in [0.4, 0.5) is 0 Å². The Balaban J connectivity index is 3.80. The average Bonchev–Trinajstić information content (AvgIpc) is 2.67. The Hall–Kier alpha value is -1.76. The predicted molar refractivity (Wildman–Crippen MR) is 149 cm³/mol. The van der Waals surface area contributed by atoms with Gasteiger partial charge in [-0.3, -0.25) is 0 Å². The van der Waals surface area contributed by atoms with E-state index in [0.29, 0.717) is 44.4 Å². The molecule has 0 aromatic heterocycles. The van der Waals surface area contributed by atoms with Gasteiger partial charge < -0.3 is 5.11 Å². The molecule has 182 valence electrons. The molecule has 0 aliphatic carbocycles. The Kier molecular flexibility index (Phi) is 10.3. The third kappa shape index (κ3) is 5.85. The lowest BCUT2D eigenvalue weighted by Crippen LogP contribution is -2.43. The van der Waals surface area contributed by atoms with Crippen LogP contribution in [-0.4, -0.2) is 27.2 Å². The zero-order chi connectivity index (χ0) is 25.7. The number of aromatic carboxylic acids is 1. The van der Waals surface area contributed by atoms with Crippen molar-refractivity contribution in [2.75, 3.05) is 0 Å². The van der Waals surface area contributed by atoms with Gasteiger partial charge in [-0.05, 0) is 45.4 Å². The van der Waals surface area contributed by atoms with Crippen molar-refractivity contribution in [1.29, 1.82) is 0 Å². The van der Waals surface area contributed by atoms with Crippen LogP contribution < -0.4 is 0 Å². The van der Waals surface area contributed by atoms with Gasteiger partial charge in [-0.2, -0.15) is 0 Å². The summed E-state index contributed by atoms with van der Waals surface area (Å²) in [6.07, 6.45) is 0. The maximum Gasteiger partial charge on any atom is 0.338 e. The Morgan fingerprint density at radius 3 is 1.12 bits per heavy atom. The molecule has 2 nitrogen and oxygen atoms in total. The maximum atomic E-state index is 12.4. The number of carboxylic acids is 1. The van der Waals surface area contributed by atoms with E-state index in [9.17, 15) is 9.90 Å². The van der Waals surface area contributed by atoms with Crippen molar-refractivity contribution in [2.24, 2.45) is 0 Å². The molecule has 33 heavy (non-hydrogen) atoms. The SMILES string of the molecule is CC(C)[Si](C#Cc1cccc(C#C[Si](C(C)C)(C(C)C)C(C)C)c1C(=O)O)(C(C)C)C(C)C. The normalized spacial score (nSPS) is 12.4. The molecule has 4 heteroatoms. The molecule has 0 radical (unpaired) electrons. The van der Waals surface area contributed by atoms with Gasteiger partial charge in [0.05, 0.1) is 5.56 Å². The van der Waals surface area contributed by atoms with Gasteiger partial charge in [0.25, 0.3) is 0 Å². The highest BCUT2D eigenvalue weighted by atomic mass is 28.3. The minimum Gasteiger partial charge on any atom is -0.478 e. The Morgan fingerprint density at radius 1 is 0.636 bits per heavy atom. The minimum absolute atomic E-state index is 0.260. The Bertz CT molecular complexity index is 836. The van der Waals surface area contributed by atoms with Crippen LogP contribution in [0.1, 0.15) is 105 Å².